The number of fused-ring (bicyclic) bond motifs is 2. The highest BCUT2D eigenvalue weighted by Gasteiger charge is 2.39. The molecule has 2 saturated heterocycles. The first-order valence-corrected chi connectivity index (χ1v) is 9.08. The third kappa shape index (κ3) is 5.30. The maximum absolute atomic E-state index is 12.7. The molecule has 2 fully saturated rings. The molecule has 1 unspecified atom stereocenters. The molecule has 0 aliphatic carbocycles. The molecule has 1 aromatic rings. The lowest BCUT2D eigenvalue weighted by atomic mass is 9.82. The van der Waals surface area contributed by atoms with Crippen molar-refractivity contribution in [2.24, 2.45) is 0 Å². The molecule has 2 bridgehead atoms. The predicted octanol–water partition coefficient (Wildman–Crippen LogP) is 2.84. The number of hydrogen-bond acceptors (Lipinski definition) is 3. The quantitative estimate of drug-likeness (QED) is 0.824. The molecule has 2 aliphatic heterocycles. The van der Waals surface area contributed by atoms with Crippen molar-refractivity contribution in [3.8, 4) is 0 Å². The summed E-state index contributed by atoms with van der Waals surface area (Å²) < 4.78 is 0. The lowest BCUT2D eigenvalue weighted by Crippen LogP contribution is -2.55. The van der Waals surface area contributed by atoms with Crippen LogP contribution in [0.1, 0.15) is 55.2 Å². The second-order valence-electron chi connectivity index (χ2n) is 7.27. The average molecular weight is 347 g/mol. The van der Waals surface area contributed by atoms with Crippen LogP contribution in [-0.4, -0.2) is 45.7 Å². The van der Waals surface area contributed by atoms with Gasteiger partial charge in [0.25, 0.3) is 6.47 Å². The van der Waals surface area contributed by atoms with Gasteiger partial charge in [0.15, 0.2) is 0 Å². The van der Waals surface area contributed by atoms with Gasteiger partial charge < -0.3 is 15.1 Å². The van der Waals surface area contributed by atoms with E-state index < -0.39 is 0 Å². The molecule has 5 nitrogen and oxygen atoms in total. The first-order chi connectivity index (χ1) is 11.9. The third-order valence-electron chi connectivity index (χ3n) is 5.15. The summed E-state index contributed by atoms with van der Waals surface area (Å²) in [5.74, 6) is 0.278. The van der Waals surface area contributed by atoms with Crippen LogP contribution in [0, 0.1) is 13.8 Å². The van der Waals surface area contributed by atoms with Gasteiger partial charge in [0.05, 0.1) is 6.10 Å². The van der Waals surface area contributed by atoms with Gasteiger partial charge in [-0.1, -0.05) is 29.3 Å². The smallest absolute Gasteiger partial charge is 0.290 e. The van der Waals surface area contributed by atoms with E-state index in [4.69, 9.17) is 9.90 Å². The number of aliphatic hydroxyl groups is 1. The number of rotatable bonds is 3. The van der Waals surface area contributed by atoms with Gasteiger partial charge in [-0.15, -0.1) is 0 Å². The molecule has 25 heavy (non-hydrogen) atoms. The summed E-state index contributed by atoms with van der Waals surface area (Å²) in [4.78, 5) is 23.2. The summed E-state index contributed by atoms with van der Waals surface area (Å²) in [6.45, 7) is 3.96. The molecule has 1 aromatic carbocycles. The number of carbonyl (C=O) groups excluding carboxylic acids is 1. The zero-order valence-corrected chi connectivity index (χ0v) is 15.1. The van der Waals surface area contributed by atoms with Crippen molar-refractivity contribution in [1.82, 2.24) is 4.90 Å². The van der Waals surface area contributed by atoms with Crippen LogP contribution >= 0.6 is 0 Å². The van der Waals surface area contributed by atoms with E-state index in [1.165, 1.54) is 23.1 Å². The standard InChI is InChI=1S/C19H27NO2.CH2O2/c1-13-8-14(2)10-15(9-13)6-7-19(22)20-16-4-3-5-17(20)12-18(21)11-16;2-1-3/h8-10,16-18,21H,3-7,11-12H2,1-2H3;1H,(H,2,3)/t16-,17+,18?;. The molecule has 3 rings (SSSR count). The van der Waals surface area contributed by atoms with Crippen LogP contribution in [0.15, 0.2) is 18.2 Å². The fourth-order valence-electron chi connectivity index (χ4n) is 4.35. The van der Waals surface area contributed by atoms with Crippen LogP contribution in [0.2, 0.25) is 0 Å². The number of hydrogen-bond donors (Lipinski definition) is 2. The topological polar surface area (TPSA) is 77.8 Å². The van der Waals surface area contributed by atoms with Crippen LogP contribution in [0.3, 0.4) is 0 Å². The van der Waals surface area contributed by atoms with Crippen LogP contribution in [-0.2, 0) is 16.0 Å². The molecule has 0 aromatic heterocycles. The molecule has 0 saturated carbocycles. The Hall–Kier alpha value is -1.88. The maximum Gasteiger partial charge on any atom is 0.290 e. The zero-order valence-electron chi connectivity index (χ0n) is 15.1. The summed E-state index contributed by atoms with van der Waals surface area (Å²) >= 11 is 0. The average Bonchev–Trinajstić information content (AvgIpc) is 2.51. The summed E-state index contributed by atoms with van der Waals surface area (Å²) in [5.41, 5.74) is 3.79. The molecule has 0 radical (unpaired) electrons. The van der Waals surface area contributed by atoms with Crippen LogP contribution in [0.4, 0.5) is 0 Å². The number of benzene rings is 1. The Kier molecular flexibility index (Phi) is 7.00. The van der Waals surface area contributed by atoms with Gasteiger partial charge >= 0.3 is 0 Å². The predicted molar refractivity (Wildman–Crippen MR) is 96.4 cm³/mol. The lowest BCUT2D eigenvalue weighted by Gasteiger charge is -2.48. The number of aryl methyl sites for hydroxylation is 3. The summed E-state index contributed by atoms with van der Waals surface area (Å²) in [6, 6.07) is 7.08. The molecule has 3 atom stereocenters. The zero-order chi connectivity index (χ0) is 18.4. The minimum atomic E-state index is -0.250. The van der Waals surface area contributed by atoms with Crippen molar-refractivity contribution in [2.45, 2.75) is 77.0 Å². The highest BCUT2D eigenvalue weighted by molar-refractivity contribution is 5.77. The Morgan fingerprint density at radius 3 is 2.20 bits per heavy atom. The second-order valence-corrected chi connectivity index (χ2v) is 7.27. The van der Waals surface area contributed by atoms with Gasteiger partial charge in [-0.2, -0.15) is 0 Å². The fourth-order valence-corrected chi connectivity index (χ4v) is 4.35. The van der Waals surface area contributed by atoms with Crippen molar-refractivity contribution in [3.05, 3.63) is 34.9 Å². The molecule has 2 N–H and O–H groups in total. The van der Waals surface area contributed by atoms with Crippen molar-refractivity contribution in [2.75, 3.05) is 0 Å². The van der Waals surface area contributed by atoms with E-state index in [9.17, 15) is 9.90 Å². The number of nitrogens with zero attached hydrogens (tertiary/aromatic N) is 1. The molecule has 1 amide bonds. The van der Waals surface area contributed by atoms with Crippen molar-refractivity contribution < 1.29 is 19.8 Å². The van der Waals surface area contributed by atoms with E-state index >= 15 is 0 Å². The Balaban J connectivity index is 0.000000701. The Bertz CT molecular complexity index is 567. The number of piperidine rings is 2. The van der Waals surface area contributed by atoms with E-state index in [-0.39, 0.29) is 30.6 Å². The number of carbonyl (C=O) groups is 2. The molecule has 138 valence electrons. The maximum atomic E-state index is 12.7. The Labute approximate surface area is 149 Å². The van der Waals surface area contributed by atoms with Crippen LogP contribution in [0.5, 0.6) is 0 Å². The molecule has 0 spiro atoms. The van der Waals surface area contributed by atoms with Crippen molar-refractivity contribution in [1.29, 1.82) is 0 Å². The van der Waals surface area contributed by atoms with Gasteiger partial charge in [0.2, 0.25) is 5.91 Å². The van der Waals surface area contributed by atoms with Crippen LogP contribution in [0.25, 0.3) is 0 Å². The molecular weight excluding hydrogens is 318 g/mol. The SMILES string of the molecule is Cc1cc(C)cc(CCC(=O)N2[C@@H]3CCC[C@H]2CC(O)C3)c1.O=CO. The summed E-state index contributed by atoms with van der Waals surface area (Å²) in [6.07, 6.45) is 6.05. The number of amides is 1. The first-order valence-electron chi connectivity index (χ1n) is 9.08. The van der Waals surface area contributed by atoms with E-state index in [0.29, 0.717) is 6.42 Å². The van der Waals surface area contributed by atoms with E-state index in [1.54, 1.807) is 0 Å². The molecular formula is C20H29NO4. The monoisotopic (exact) mass is 347 g/mol. The minimum absolute atomic E-state index is 0.209. The molecule has 5 heteroatoms. The normalized spacial score (nSPS) is 24.9. The van der Waals surface area contributed by atoms with Gasteiger partial charge in [-0.3, -0.25) is 9.59 Å². The van der Waals surface area contributed by atoms with Crippen molar-refractivity contribution in [3.63, 3.8) is 0 Å². The Morgan fingerprint density at radius 1 is 1.16 bits per heavy atom. The number of aliphatic hydroxyl groups excluding tert-OH is 1. The van der Waals surface area contributed by atoms with E-state index in [2.05, 4.69) is 36.9 Å². The minimum Gasteiger partial charge on any atom is -0.483 e. The van der Waals surface area contributed by atoms with E-state index in [0.717, 1.165) is 32.1 Å². The molecule has 2 heterocycles. The first kappa shape index (κ1) is 19.4. The lowest BCUT2D eigenvalue weighted by molar-refractivity contribution is -0.144. The summed E-state index contributed by atoms with van der Waals surface area (Å²) in [7, 11) is 0. The molecule has 2 aliphatic rings. The third-order valence-corrected chi connectivity index (χ3v) is 5.15. The van der Waals surface area contributed by atoms with Gasteiger partial charge in [-0.25, -0.2) is 0 Å². The summed E-state index contributed by atoms with van der Waals surface area (Å²) in [5, 5.41) is 16.8. The highest BCUT2D eigenvalue weighted by atomic mass is 16.3. The van der Waals surface area contributed by atoms with Gasteiger partial charge in [0, 0.05) is 18.5 Å². The Morgan fingerprint density at radius 2 is 1.68 bits per heavy atom. The second kappa shape index (κ2) is 8.99. The van der Waals surface area contributed by atoms with E-state index in [1.807, 2.05) is 0 Å². The largest absolute Gasteiger partial charge is 0.483 e. The van der Waals surface area contributed by atoms with Gasteiger partial charge in [0.1, 0.15) is 0 Å². The highest BCUT2D eigenvalue weighted by Crippen LogP contribution is 2.34. The van der Waals surface area contributed by atoms with Crippen molar-refractivity contribution >= 4 is 12.4 Å². The van der Waals surface area contributed by atoms with Gasteiger partial charge in [-0.05, 0) is 57.9 Å². The van der Waals surface area contributed by atoms with Crippen LogP contribution < -0.4 is 0 Å². The number of carboxylic acid groups (broad SMARTS) is 1. The fraction of sp³-hybridized carbons (Fsp3) is 0.600.